The Morgan fingerprint density at radius 1 is 1.36 bits per heavy atom. The van der Waals surface area contributed by atoms with Crippen LogP contribution in [0.1, 0.15) is 20.8 Å². The second kappa shape index (κ2) is 3.93. The van der Waals surface area contributed by atoms with Crippen LogP contribution in [0.5, 0.6) is 0 Å². The fourth-order valence-corrected chi connectivity index (χ4v) is 0.612. The van der Waals surface area contributed by atoms with Crippen LogP contribution in [0.3, 0.4) is 0 Å². The van der Waals surface area contributed by atoms with Crippen LogP contribution in [0.2, 0.25) is 0 Å². The minimum Gasteiger partial charge on any atom is -0.458 e. The maximum atomic E-state index is 11.3. The largest absolute Gasteiger partial charge is 0.458 e. The number of aliphatic hydroxyl groups excluding tert-OH is 1. The highest BCUT2D eigenvalue weighted by atomic mass is 16.6. The molecule has 0 unspecified atom stereocenters. The first-order chi connectivity index (χ1) is 6.13. The number of hydrogen-bond acceptors (Lipinski definition) is 5. The van der Waals surface area contributed by atoms with Crippen LogP contribution in [0.25, 0.3) is 0 Å². The number of carbonyl (C=O) groups excluding carboxylic acids is 2. The second-order valence-corrected chi connectivity index (χ2v) is 4.00. The topological polar surface area (TPSA) is 116 Å². The van der Waals surface area contributed by atoms with E-state index in [-0.39, 0.29) is 0 Å². The summed E-state index contributed by atoms with van der Waals surface area (Å²) >= 11 is 0. The van der Waals surface area contributed by atoms with Gasteiger partial charge < -0.3 is 21.3 Å². The normalized spacial score (nSPS) is 15.8. The van der Waals surface area contributed by atoms with Gasteiger partial charge in [-0.2, -0.15) is 0 Å². The molecule has 0 heterocycles. The lowest BCUT2D eigenvalue weighted by molar-refractivity contribution is -0.165. The number of rotatable bonds is 3. The number of esters is 1. The zero-order valence-corrected chi connectivity index (χ0v) is 8.53. The number of nitrogens with two attached hydrogens (primary N) is 2. The van der Waals surface area contributed by atoms with E-state index in [0.717, 1.165) is 0 Å². The van der Waals surface area contributed by atoms with Gasteiger partial charge in [-0.3, -0.25) is 4.79 Å². The van der Waals surface area contributed by atoms with Crippen molar-refractivity contribution in [3.8, 4) is 0 Å². The fourth-order valence-electron chi connectivity index (χ4n) is 0.612. The molecule has 0 aliphatic carbocycles. The van der Waals surface area contributed by atoms with E-state index in [0.29, 0.717) is 0 Å². The predicted octanol–water partition coefficient (Wildman–Crippen LogP) is -1.50. The maximum Gasteiger partial charge on any atom is 0.338 e. The Kier molecular flexibility index (Phi) is 3.61. The van der Waals surface area contributed by atoms with Gasteiger partial charge in [-0.05, 0) is 20.8 Å². The molecule has 0 saturated heterocycles. The van der Waals surface area contributed by atoms with Crippen molar-refractivity contribution in [2.24, 2.45) is 11.5 Å². The van der Waals surface area contributed by atoms with Crippen LogP contribution < -0.4 is 11.5 Å². The number of amides is 1. The molecular weight excluding hydrogens is 188 g/mol. The molecular formula is C8H16N2O4. The SMILES string of the molecule is CC(C)(C)OC(=O)[C@@](N)(CO)C(N)=O. The number of aliphatic hydroxyl groups is 1. The molecule has 0 aliphatic rings. The van der Waals surface area contributed by atoms with Crippen molar-refractivity contribution in [2.45, 2.75) is 31.9 Å². The summed E-state index contributed by atoms with van der Waals surface area (Å²) in [7, 11) is 0. The number of hydrogen-bond donors (Lipinski definition) is 3. The van der Waals surface area contributed by atoms with E-state index in [9.17, 15) is 9.59 Å². The van der Waals surface area contributed by atoms with E-state index in [1.165, 1.54) is 0 Å². The Balaban J connectivity index is 4.73. The van der Waals surface area contributed by atoms with Crippen molar-refractivity contribution in [2.75, 3.05) is 6.61 Å². The van der Waals surface area contributed by atoms with Gasteiger partial charge in [0.1, 0.15) is 5.60 Å². The maximum absolute atomic E-state index is 11.3. The molecule has 6 nitrogen and oxygen atoms in total. The third kappa shape index (κ3) is 2.97. The molecule has 0 spiro atoms. The van der Waals surface area contributed by atoms with Crippen molar-refractivity contribution >= 4 is 11.9 Å². The van der Waals surface area contributed by atoms with E-state index in [1.807, 2.05) is 0 Å². The van der Waals surface area contributed by atoms with Gasteiger partial charge in [0.25, 0.3) is 5.91 Å². The van der Waals surface area contributed by atoms with Gasteiger partial charge in [0.2, 0.25) is 5.54 Å². The van der Waals surface area contributed by atoms with Crippen molar-refractivity contribution in [3.05, 3.63) is 0 Å². The number of carbonyl (C=O) groups is 2. The molecule has 0 bridgehead atoms. The fraction of sp³-hybridized carbons (Fsp3) is 0.750. The lowest BCUT2D eigenvalue weighted by Crippen LogP contribution is -2.62. The Bertz CT molecular complexity index is 246. The summed E-state index contributed by atoms with van der Waals surface area (Å²) in [5.41, 5.74) is 7.22. The quantitative estimate of drug-likeness (QED) is 0.382. The van der Waals surface area contributed by atoms with Crippen LogP contribution in [0.4, 0.5) is 0 Å². The molecule has 14 heavy (non-hydrogen) atoms. The molecule has 6 heteroatoms. The second-order valence-electron chi connectivity index (χ2n) is 4.00. The average molecular weight is 204 g/mol. The molecule has 0 aromatic rings. The van der Waals surface area contributed by atoms with Crippen molar-refractivity contribution in [3.63, 3.8) is 0 Å². The highest BCUT2D eigenvalue weighted by Crippen LogP contribution is 2.12. The molecule has 0 aromatic carbocycles. The summed E-state index contributed by atoms with van der Waals surface area (Å²) in [5.74, 6) is -2.14. The van der Waals surface area contributed by atoms with E-state index in [4.69, 9.17) is 21.3 Å². The van der Waals surface area contributed by atoms with E-state index in [1.54, 1.807) is 20.8 Å². The van der Waals surface area contributed by atoms with Crippen molar-refractivity contribution in [1.82, 2.24) is 0 Å². The Hall–Kier alpha value is -1.14. The third-order valence-electron chi connectivity index (χ3n) is 1.45. The van der Waals surface area contributed by atoms with Crippen molar-refractivity contribution in [1.29, 1.82) is 0 Å². The molecule has 1 amide bonds. The van der Waals surface area contributed by atoms with Crippen LogP contribution in [0, 0.1) is 0 Å². The Labute approximate surface area is 82.2 Å². The highest BCUT2D eigenvalue weighted by Gasteiger charge is 2.43. The molecule has 0 rings (SSSR count). The first-order valence-corrected chi connectivity index (χ1v) is 4.06. The number of primary amides is 1. The van der Waals surface area contributed by atoms with Gasteiger partial charge in [0, 0.05) is 0 Å². The zero-order valence-electron chi connectivity index (χ0n) is 8.53. The van der Waals surface area contributed by atoms with Gasteiger partial charge in [0.05, 0.1) is 6.61 Å². The van der Waals surface area contributed by atoms with Gasteiger partial charge in [-0.15, -0.1) is 0 Å². The Morgan fingerprint density at radius 2 is 1.79 bits per heavy atom. The van der Waals surface area contributed by atoms with Crippen LogP contribution in [-0.2, 0) is 14.3 Å². The molecule has 82 valence electrons. The van der Waals surface area contributed by atoms with Crippen LogP contribution in [0.15, 0.2) is 0 Å². The summed E-state index contributed by atoms with van der Waals surface area (Å²) in [4.78, 5) is 22.2. The lowest BCUT2D eigenvalue weighted by Gasteiger charge is -2.27. The smallest absolute Gasteiger partial charge is 0.338 e. The lowest BCUT2D eigenvalue weighted by atomic mass is 10.0. The van der Waals surface area contributed by atoms with Crippen LogP contribution in [-0.4, -0.2) is 34.7 Å². The van der Waals surface area contributed by atoms with E-state index >= 15 is 0 Å². The summed E-state index contributed by atoms with van der Waals surface area (Å²) in [6.45, 7) is 3.97. The third-order valence-corrected chi connectivity index (χ3v) is 1.45. The predicted molar refractivity (Wildman–Crippen MR) is 49.0 cm³/mol. The molecule has 0 radical (unpaired) electrons. The average Bonchev–Trinajstić information content (AvgIpc) is 1.99. The van der Waals surface area contributed by atoms with Crippen molar-refractivity contribution < 1.29 is 19.4 Å². The summed E-state index contributed by atoms with van der Waals surface area (Å²) < 4.78 is 4.83. The molecule has 0 aromatic heterocycles. The monoisotopic (exact) mass is 204 g/mol. The number of ether oxygens (including phenoxy) is 1. The standard InChI is InChI=1S/C8H16N2O4/c1-7(2,3)14-6(13)8(10,4-11)5(9)12/h11H,4,10H2,1-3H3,(H2,9,12)/t8-/m1/s1. The Morgan fingerprint density at radius 3 is 2.00 bits per heavy atom. The summed E-state index contributed by atoms with van der Waals surface area (Å²) in [5, 5.41) is 8.80. The van der Waals surface area contributed by atoms with Gasteiger partial charge in [0.15, 0.2) is 0 Å². The van der Waals surface area contributed by atoms with Crippen LogP contribution >= 0.6 is 0 Å². The van der Waals surface area contributed by atoms with E-state index in [2.05, 4.69) is 0 Å². The summed E-state index contributed by atoms with van der Waals surface area (Å²) in [6, 6.07) is 0. The first-order valence-electron chi connectivity index (χ1n) is 4.06. The summed E-state index contributed by atoms with van der Waals surface area (Å²) in [6.07, 6.45) is 0. The molecule has 0 aliphatic heterocycles. The minimum absolute atomic E-state index is 0.785. The molecule has 0 fully saturated rings. The van der Waals surface area contributed by atoms with Gasteiger partial charge in [-0.1, -0.05) is 0 Å². The highest BCUT2D eigenvalue weighted by molar-refractivity contribution is 6.06. The van der Waals surface area contributed by atoms with Gasteiger partial charge in [-0.25, -0.2) is 4.79 Å². The first kappa shape index (κ1) is 12.9. The van der Waals surface area contributed by atoms with E-state index < -0.39 is 29.6 Å². The molecule has 5 N–H and O–H groups in total. The molecule has 1 atom stereocenters. The molecule has 0 saturated carbocycles. The minimum atomic E-state index is -2.16. The zero-order chi connectivity index (χ0) is 11.6. The van der Waals surface area contributed by atoms with Gasteiger partial charge >= 0.3 is 5.97 Å².